The molecule has 0 aliphatic heterocycles. The molecule has 2 unspecified atom stereocenters. The van der Waals surface area contributed by atoms with E-state index < -0.39 is 10.6 Å². The highest BCUT2D eigenvalue weighted by Crippen LogP contribution is 2.67. The van der Waals surface area contributed by atoms with Crippen molar-refractivity contribution in [1.82, 2.24) is 0 Å². The Morgan fingerprint density at radius 2 is 1.86 bits per heavy atom. The lowest BCUT2D eigenvalue weighted by Crippen LogP contribution is -2.22. The van der Waals surface area contributed by atoms with Crippen molar-refractivity contribution in [3.8, 4) is 6.07 Å². The van der Waals surface area contributed by atoms with Gasteiger partial charge in [-0.3, -0.25) is 0 Å². The van der Waals surface area contributed by atoms with Gasteiger partial charge in [0.05, 0.1) is 17.6 Å². The molecule has 0 saturated heterocycles. The van der Waals surface area contributed by atoms with Crippen LogP contribution in [0.15, 0.2) is 18.2 Å². The number of benzene rings is 1. The van der Waals surface area contributed by atoms with Crippen LogP contribution in [0.25, 0.3) is 0 Å². The first-order valence-corrected chi connectivity index (χ1v) is 7.90. The molecule has 0 aromatic heterocycles. The Balaban J connectivity index is 2.28. The van der Waals surface area contributed by atoms with E-state index in [9.17, 15) is 0 Å². The lowest BCUT2D eigenvalue weighted by atomic mass is 10.1. The summed E-state index contributed by atoms with van der Waals surface area (Å²) in [6, 6.07) is 7.22. The van der Waals surface area contributed by atoms with Gasteiger partial charge in [0.25, 0.3) is 0 Å². The minimum absolute atomic E-state index is 0.172. The van der Waals surface area contributed by atoms with E-state index in [1.165, 1.54) is 0 Å². The molecule has 0 heterocycles. The molecule has 2 rings (SSSR count). The Labute approximate surface area is 139 Å². The minimum Gasteiger partial charge on any atom is -0.353 e. The number of alkyl halides is 2. The first-order chi connectivity index (χ1) is 9.95. The van der Waals surface area contributed by atoms with Gasteiger partial charge in [-0.2, -0.15) is 5.26 Å². The highest BCUT2D eigenvalue weighted by molar-refractivity contribution is 6.52. The standard InChI is InChI=1S/C15H16Cl3NO2/c1-3-20-14(21-4-2)13-12(15(13,17)18)10-5-9(8-19)6-11(16)7-10/h5-7,12-14H,3-4H2,1-2H3. The highest BCUT2D eigenvalue weighted by Gasteiger charge is 2.67. The molecule has 2 atom stereocenters. The fourth-order valence-electron chi connectivity index (χ4n) is 2.56. The molecule has 0 radical (unpaired) electrons. The molecule has 0 spiro atoms. The molecule has 114 valence electrons. The Hall–Kier alpha value is -0.500. The molecule has 1 aromatic carbocycles. The molecule has 6 heteroatoms. The number of nitrogens with zero attached hydrogens (tertiary/aromatic N) is 1. The Morgan fingerprint density at radius 1 is 1.24 bits per heavy atom. The summed E-state index contributed by atoms with van der Waals surface area (Å²) in [6.45, 7) is 4.80. The largest absolute Gasteiger partial charge is 0.353 e. The number of halogens is 3. The van der Waals surface area contributed by atoms with Crippen LogP contribution in [0.4, 0.5) is 0 Å². The SMILES string of the molecule is CCOC(OCC)C1C(c2cc(Cl)cc(C#N)c2)C1(Cl)Cl. The van der Waals surface area contributed by atoms with Gasteiger partial charge in [-0.15, -0.1) is 23.2 Å². The molecule has 1 saturated carbocycles. The van der Waals surface area contributed by atoms with Crippen LogP contribution in [0.5, 0.6) is 0 Å². The van der Waals surface area contributed by atoms with E-state index in [0.717, 1.165) is 5.56 Å². The number of ether oxygens (including phenoxy) is 2. The van der Waals surface area contributed by atoms with Gasteiger partial charge in [-0.25, -0.2) is 0 Å². The average molecular weight is 349 g/mol. The van der Waals surface area contributed by atoms with Crippen LogP contribution in [0.2, 0.25) is 5.02 Å². The second-order valence-corrected chi connectivity index (χ2v) is 6.72. The van der Waals surface area contributed by atoms with Gasteiger partial charge in [0.15, 0.2) is 6.29 Å². The summed E-state index contributed by atoms with van der Waals surface area (Å²) in [5, 5.41) is 9.53. The van der Waals surface area contributed by atoms with Gasteiger partial charge < -0.3 is 9.47 Å². The van der Waals surface area contributed by atoms with Crippen molar-refractivity contribution in [1.29, 1.82) is 5.26 Å². The van der Waals surface area contributed by atoms with Crippen LogP contribution in [0.3, 0.4) is 0 Å². The van der Waals surface area contributed by atoms with Crippen LogP contribution in [0, 0.1) is 17.2 Å². The second-order valence-electron chi connectivity index (χ2n) is 4.84. The Morgan fingerprint density at radius 3 is 2.38 bits per heavy atom. The molecule has 1 aliphatic rings. The zero-order chi connectivity index (χ0) is 15.6. The smallest absolute Gasteiger partial charge is 0.163 e. The van der Waals surface area contributed by atoms with Gasteiger partial charge in [-0.1, -0.05) is 11.6 Å². The maximum Gasteiger partial charge on any atom is 0.163 e. The molecule has 1 aromatic rings. The molecule has 3 nitrogen and oxygen atoms in total. The average Bonchev–Trinajstić information content (AvgIpc) is 3.00. The van der Waals surface area contributed by atoms with Crippen LogP contribution in [-0.2, 0) is 9.47 Å². The zero-order valence-electron chi connectivity index (χ0n) is 11.8. The fraction of sp³-hybridized carbons (Fsp3) is 0.533. The van der Waals surface area contributed by atoms with E-state index in [-0.39, 0.29) is 11.8 Å². The predicted octanol–water partition coefficient (Wildman–Crippen LogP) is 4.50. The Bertz CT molecular complexity index is 550. The van der Waals surface area contributed by atoms with Gasteiger partial charge in [-0.05, 0) is 37.6 Å². The first-order valence-electron chi connectivity index (χ1n) is 6.77. The van der Waals surface area contributed by atoms with Crippen molar-refractivity contribution >= 4 is 34.8 Å². The minimum atomic E-state index is -0.980. The maximum atomic E-state index is 9.04. The van der Waals surface area contributed by atoms with E-state index in [1.807, 2.05) is 13.8 Å². The van der Waals surface area contributed by atoms with E-state index >= 15 is 0 Å². The summed E-state index contributed by atoms with van der Waals surface area (Å²) >= 11 is 18.8. The van der Waals surface area contributed by atoms with Crippen molar-refractivity contribution in [3.05, 3.63) is 34.3 Å². The molecule has 1 fully saturated rings. The number of nitriles is 1. The molecule has 1 aliphatic carbocycles. The molecule has 0 N–H and O–H groups in total. The van der Waals surface area contributed by atoms with E-state index in [0.29, 0.717) is 23.8 Å². The molecule has 21 heavy (non-hydrogen) atoms. The number of hydrogen-bond donors (Lipinski definition) is 0. The number of rotatable bonds is 6. The van der Waals surface area contributed by atoms with E-state index in [1.54, 1.807) is 18.2 Å². The summed E-state index contributed by atoms with van der Waals surface area (Å²) in [7, 11) is 0. The van der Waals surface area contributed by atoms with Crippen molar-refractivity contribution in [3.63, 3.8) is 0 Å². The lowest BCUT2D eigenvalue weighted by Gasteiger charge is -2.17. The molecular weight excluding hydrogens is 333 g/mol. The fourth-order valence-corrected chi connectivity index (χ4v) is 3.66. The molecular formula is C15H16Cl3NO2. The van der Waals surface area contributed by atoms with Crippen LogP contribution >= 0.6 is 34.8 Å². The predicted molar refractivity (Wildman–Crippen MR) is 83.9 cm³/mol. The van der Waals surface area contributed by atoms with E-state index in [2.05, 4.69) is 6.07 Å². The van der Waals surface area contributed by atoms with Crippen LogP contribution < -0.4 is 0 Å². The summed E-state index contributed by atoms with van der Waals surface area (Å²) in [5.74, 6) is -0.361. The van der Waals surface area contributed by atoms with Crippen molar-refractivity contribution in [2.75, 3.05) is 13.2 Å². The molecule has 0 amide bonds. The quantitative estimate of drug-likeness (QED) is 0.561. The molecule has 0 bridgehead atoms. The van der Waals surface area contributed by atoms with Gasteiger partial charge >= 0.3 is 0 Å². The third-order valence-electron chi connectivity index (χ3n) is 3.47. The topological polar surface area (TPSA) is 42.2 Å². The van der Waals surface area contributed by atoms with Gasteiger partial charge in [0.2, 0.25) is 0 Å². The van der Waals surface area contributed by atoms with E-state index in [4.69, 9.17) is 49.5 Å². The number of hydrogen-bond acceptors (Lipinski definition) is 3. The normalized spacial score (nSPS) is 23.1. The van der Waals surface area contributed by atoms with Crippen molar-refractivity contribution in [2.45, 2.75) is 30.4 Å². The van der Waals surface area contributed by atoms with Crippen molar-refractivity contribution in [2.24, 2.45) is 5.92 Å². The van der Waals surface area contributed by atoms with Crippen LogP contribution in [-0.4, -0.2) is 23.8 Å². The summed E-state index contributed by atoms with van der Waals surface area (Å²) in [5.41, 5.74) is 1.31. The third kappa shape index (κ3) is 3.47. The highest BCUT2D eigenvalue weighted by atomic mass is 35.5. The van der Waals surface area contributed by atoms with Gasteiger partial charge in [0.1, 0.15) is 4.33 Å². The second kappa shape index (κ2) is 6.73. The monoisotopic (exact) mass is 347 g/mol. The summed E-state index contributed by atoms with van der Waals surface area (Å²) < 4.78 is 10.2. The lowest BCUT2D eigenvalue weighted by molar-refractivity contribution is -0.149. The third-order valence-corrected chi connectivity index (χ3v) is 4.66. The Kier molecular flexibility index (Phi) is 5.40. The van der Waals surface area contributed by atoms with Crippen LogP contribution in [0.1, 0.15) is 30.9 Å². The van der Waals surface area contributed by atoms with Crippen molar-refractivity contribution < 1.29 is 9.47 Å². The summed E-state index contributed by atoms with van der Waals surface area (Å²) in [6.07, 6.45) is -0.468. The zero-order valence-corrected chi connectivity index (χ0v) is 14.0. The first kappa shape index (κ1) is 16.9. The van der Waals surface area contributed by atoms with Gasteiger partial charge in [0, 0.05) is 24.2 Å². The summed E-state index contributed by atoms with van der Waals surface area (Å²) in [4.78, 5) is 0. The maximum absolute atomic E-state index is 9.04.